The number of aliphatic carboxylic acids is 1. The zero-order valence-corrected chi connectivity index (χ0v) is 10.9. The van der Waals surface area contributed by atoms with Crippen LogP contribution in [-0.4, -0.2) is 35.6 Å². The molecule has 0 fully saturated rings. The zero-order valence-electron chi connectivity index (χ0n) is 10.9. The van der Waals surface area contributed by atoms with Crippen molar-refractivity contribution in [1.82, 2.24) is 10.6 Å². The first kappa shape index (κ1) is 16.2. The van der Waals surface area contributed by atoms with E-state index in [4.69, 9.17) is 10.8 Å². The van der Waals surface area contributed by atoms with Crippen molar-refractivity contribution < 1.29 is 19.5 Å². The lowest BCUT2D eigenvalue weighted by molar-refractivity contribution is -0.139. The van der Waals surface area contributed by atoms with Crippen LogP contribution >= 0.6 is 0 Å². The number of carbonyl (C=O) groups is 3. The van der Waals surface area contributed by atoms with E-state index >= 15 is 0 Å². The van der Waals surface area contributed by atoms with Gasteiger partial charge in [0.15, 0.2) is 0 Å². The molecule has 3 amide bonds. The number of nitrogens with one attached hydrogen (secondary N) is 2. The smallest absolute Gasteiger partial charge is 0.326 e. The summed E-state index contributed by atoms with van der Waals surface area (Å²) in [5.74, 6) is -1.62. The van der Waals surface area contributed by atoms with Crippen LogP contribution in [0, 0.1) is 5.41 Å². The predicted octanol–water partition coefficient (Wildman–Crippen LogP) is 0.0504. The molecule has 0 aromatic heterocycles. The number of carboxylic acids is 1. The second-order valence-electron chi connectivity index (χ2n) is 4.75. The molecule has 0 unspecified atom stereocenters. The molecular formula is C11H21N3O4. The summed E-state index contributed by atoms with van der Waals surface area (Å²) in [6.07, 6.45) is 0.992. The monoisotopic (exact) mass is 259 g/mol. The van der Waals surface area contributed by atoms with Gasteiger partial charge in [-0.3, -0.25) is 4.79 Å². The predicted molar refractivity (Wildman–Crippen MR) is 65.8 cm³/mol. The molecule has 0 spiro atoms. The topological polar surface area (TPSA) is 122 Å². The van der Waals surface area contributed by atoms with Gasteiger partial charge >= 0.3 is 12.0 Å². The van der Waals surface area contributed by atoms with Gasteiger partial charge in [-0.2, -0.15) is 0 Å². The van der Waals surface area contributed by atoms with Crippen LogP contribution in [0.1, 0.15) is 33.6 Å². The summed E-state index contributed by atoms with van der Waals surface area (Å²) in [5.41, 5.74) is 4.27. The fraction of sp³-hybridized carbons (Fsp3) is 0.727. The van der Waals surface area contributed by atoms with Crippen LogP contribution in [0.25, 0.3) is 0 Å². The maximum Gasteiger partial charge on any atom is 0.326 e. The summed E-state index contributed by atoms with van der Waals surface area (Å²) in [7, 11) is 0. The normalized spacial score (nSPS) is 12.6. The number of amides is 3. The molecule has 104 valence electrons. The van der Waals surface area contributed by atoms with Gasteiger partial charge in [-0.15, -0.1) is 0 Å². The first-order valence-electron chi connectivity index (χ1n) is 5.77. The van der Waals surface area contributed by atoms with Crippen LogP contribution in [0.3, 0.4) is 0 Å². The molecule has 0 aliphatic carbocycles. The molecular weight excluding hydrogens is 238 g/mol. The Morgan fingerprint density at radius 3 is 2.28 bits per heavy atom. The van der Waals surface area contributed by atoms with Gasteiger partial charge in [-0.25, -0.2) is 9.59 Å². The van der Waals surface area contributed by atoms with Crippen LogP contribution in [0.5, 0.6) is 0 Å². The molecule has 0 aromatic rings. The highest BCUT2D eigenvalue weighted by Crippen LogP contribution is 2.11. The third-order valence-electron chi connectivity index (χ3n) is 2.54. The van der Waals surface area contributed by atoms with E-state index < -0.39 is 29.4 Å². The van der Waals surface area contributed by atoms with Gasteiger partial charge in [-0.1, -0.05) is 13.3 Å². The molecule has 0 aromatic carbocycles. The van der Waals surface area contributed by atoms with Gasteiger partial charge < -0.3 is 21.5 Å². The average Bonchev–Trinajstić information content (AvgIpc) is 2.25. The minimum atomic E-state index is -1.08. The van der Waals surface area contributed by atoms with Crippen molar-refractivity contribution in [2.75, 3.05) is 6.54 Å². The molecule has 0 saturated heterocycles. The Balaban J connectivity index is 4.26. The molecule has 0 radical (unpaired) electrons. The molecule has 7 nitrogen and oxygen atoms in total. The lowest BCUT2D eigenvalue weighted by atomic mass is 9.93. The number of urea groups is 1. The van der Waals surface area contributed by atoms with Gasteiger partial charge in [0.2, 0.25) is 5.91 Å². The molecule has 7 heteroatoms. The summed E-state index contributed by atoms with van der Waals surface area (Å²) in [6, 6.07) is -1.54. The number of nitrogens with two attached hydrogens (primary N) is 1. The average molecular weight is 259 g/mol. The molecule has 0 aliphatic heterocycles. The van der Waals surface area contributed by atoms with Crippen LogP contribution < -0.4 is 16.4 Å². The summed E-state index contributed by atoms with van der Waals surface area (Å²) >= 11 is 0. The van der Waals surface area contributed by atoms with Gasteiger partial charge in [0.25, 0.3) is 0 Å². The van der Waals surface area contributed by atoms with E-state index in [-0.39, 0.29) is 6.54 Å². The molecule has 0 saturated carbocycles. The highest BCUT2D eigenvalue weighted by atomic mass is 16.4. The van der Waals surface area contributed by atoms with Crippen molar-refractivity contribution in [3.63, 3.8) is 0 Å². The third kappa shape index (κ3) is 5.51. The number of hydrogen-bond acceptors (Lipinski definition) is 3. The molecule has 1 atom stereocenters. The Bertz CT molecular complexity index is 328. The van der Waals surface area contributed by atoms with Gasteiger partial charge in [0.1, 0.15) is 6.04 Å². The molecule has 0 aliphatic rings. The number of primary amides is 1. The Morgan fingerprint density at radius 2 is 1.89 bits per heavy atom. The lowest BCUT2D eigenvalue weighted by Crippen LogP contribution is -2.50. The summed E-state index contributed by atoms with van der Waals surface area (Å²) in [4.78, 5) is 33.3. The highest BCUT2D eigenvalue weighted by molar-refractivity contribution is 5.84. The van der Waals surface area contributed by atoms with Crippen molar-refractivity contribution in [3.05, 3.63) is 0 Å². The SMILES string of the molecule is CCC[C@@H](NC(=O)NCC(C)(C)C(N)=O)C(=O)O. The van der Waals surface area contributed by atoms with Crippen molar-refractivity contribution in [3.8, 4) is 0 Å². The Labute approximate surface area is 106 Å². The van der Waals surface area contributed by atoms with Gasteiger partial charge in [-0.05, 0) is 20.3 Å². The summed E-state index contributed by atoms with van der Waals surface area (Å²) in [6.45, 7) is 5.06. The second kappa shape index (κ2) is 6.83. The Kier molecular flexibility index (Phi) is 6.15. The summed E-state index contributed by atoms with van der Waals surface area (Å²) < 4.78 is 0. The van der Waals surface area contributed by atoms with Crippen LogP contribution in [0.4, 0.5) is 4.79 Å². The number of hydrogen-bond donors (Lipinski definition) is 4. The molecule has 0 bridgehead atoms. The largest absolute Gasteiger partial charge is 0.480 e. The minimum absolute atomic E-state index is 0.0482. The van der Waals surface area contributed by atoms with E-state index in [9.17, 15) is 14.4 Å². The molecule has 0 heterocycles. The van der Waals surface area contributed by atoms with Crippen molar-refractivity contribution in [2.24, 2.45) is 11.1 Å². The fourth-order valence-corrected chi connectivity index (χ4v) is 1.14. The van der Waals surface area contributed by atoms with Crippen LogP contribution in [0.2, 0.25) is 0 Å². The summed E-state index contributed by atoms with van der Waals surface area (Å²) in [5, 5.41) is 13.6. The van der Waals surface area contributed by atoms with Gasteiger partial charge in [0, 0.05) is 6.54 Å². The fourth-order valence-electron chi connectivity index (χ4n) is 1.14. The van der Waals surface area contributed by atoms with E-state index in [2.05, 4.69) is 10.6 Å². The first-order valence-corrected chi connectivity index (χ1v) is 5.77. The maximum atomic E-state index is 11.5. The highest BCUT2D eigenvalue weighted by Gasteiger charge is 2.26. The van der Waals surface area contributed by atoms with E-state index in [0.29, 0.717) is 12.8 Å². The van der Waals surface area contributed by atoms with Crippen molar-refractivity contribution in [2.45, 2.75) is 39.7 Å². The van der Waals surface area contributed by atoms with E-state index in [1.807, 2.05) is 6.92 Å². The van der Waals surface area contributed by atoms with E-state index in [0.717, 1.165) is 0 Å². The van der Waals surface area contributed by atoms with Crippen LogP contribution in [0.15, 0.2) is 0 Å². The quantitative estimate of drug-likeness (QED) is 0.516. The minimum Gasteiger partial charge on any atom is -0.480 e. The number of rotatable bonds is 7. The van der Waals surface area contributed by atoms with Crippen LogP contribution in [-0.2, 0) is 9.59 Å². The molecule has 18 heavy (non-hydrogen) atoms. The van der Waals surface area contributed by atoms with E-state index in [1.54, 1.807) is 13.8 Å². The third-order valence-corrected chi connectivity index (χ3v) is 2.54. The number of carboxylic acid groups (broad SMARTS) is 1. The van der Waals surface area contributed by atoms with Crippen molar-refractivity contribution >= 4 is 17.9 Å². The molecule has 5 N–H and O–H groups in total. The Morgan fingerprint density at radius 1 is 1.33 bits per heavy atom. The lowest BCUT2D eigenvalue weighted by Gasteiger charge is -2.21. The standard InChI is InChI=1S/C11H21N3O4/c1-4-5-7(8(15)16)14-10(18)13-6-11(2,3)9(12)17/h7H,4-6H2,1-3H3,(H2,12,17)(H,15,16)(H2,13,14,18)/t7-/m1/s1. The first-order chi connectivity index (χ1) is 8.20. The van der Waals surface area contributed by atoms with Crippen molar-refractivity contribution in [1.29, 1.82) is 0 Å². The van der Waals surface area contributed by atoms with E-state index in [1.165, 1.54) is 0 Å². The zero-order chi connectivity index (χ0) is 14.3. The second-order valence-corrected chi connectivity index (χ2v) is 4.75. The Hall–Kier alpha value is -1.79. The maximum absolute atomic E-state index is 11.5. The molecule has 0 rings (SSSR count). The van der Waals surface area contributed by atoms with Gasteiger partial charge in [0.05, 0.1) is 5.41 Å². The number of carbonyl (C=O) groups excluding carboxylic acids is 2.